The summed E-state index contributed by atoms with van der Waals surface area (Å²) in [5.41, 5.74) is 2.12. The first-order chi connectivity index (χ1) is 14.0. The third kappa shape index (κ3) is 3.37. The van der Waals surface area contributed by atoms with Crippen LogP contribution in [0.2, 0.25) is 0 Å². The number of nitrogens with one attached hydrogen (secondary N) is 1. The minimum absolute atomic E-state index is 0.120. The van der Waals surface area contributed by atoms with Crippen LogP contribution >= 0.6 is 11.5 Å². The first-order valence-electron chi connectivity index (χ1n) is 9.64. The summed E-state index contributed by atoms with van der Waals surface area (Å²) in [6, 6.07) is 9.74. The van der Waals surface area contributed by atoms with Crippen LogP contribution in [0.3, 0.4) is 0 Å². The second-order valence-electron chi connectivity index (χ2n) is 7.75. The Morgan fingerprint density at radius 1 is 1.28 bits per heavy atom. The number of anilines is 1. The number of nitrogens with zero attached hydrogens (tertiary/aromatic N) is 4. The lowest BCUT2D eigenvalue weighted by molar-refractivity contribution is 0.0502. The third-order valence-corrected chi connectivity index (χ3v) is 6.36. The molecule has 1 aromatic carbocycles. The predicted molar refractivity (Wildman–Crippen MR) is 112 cm³/mol. The molecule has 1 saturated heterocycles. The number of carbonyl (C=O) groups is 1. The number of alkyl halides is 1. The molecule has 3 aromatic rings. The van der Waals surface area contributed by atoms with Crippen LogP contribution in [0.5, 0.6) is 0 Å². The molecule has 1 fully saturated rings. The molecule has 2 aliphatic rings. The molecule has 29 heavy (non-hydrogen) atoms. The lowest BCUT2D eigenvalue weighted by Crippen LogP contribution is -2.43. The van der Waals surface area contributed by atoms with E-state index in [-0.39, 0.29) is 5.91 Å². The van der Waals surface area contributed by atoms with E-state index < -0.39 is 5.67 Å². The van der Waals surface area contributed by atoms with Crippen LogP contribution in [0.4, 0.5) is 10.1 Å². The SMILES string of the molecule is CC1(F)CCN(C(=O)c2nsc3cc(NC4=NCc5cccnc54)ccc23)CC1. The third-order valence-electron chi connectivity index (χ3n) is 5.55. The zero-order chi connectivity index (χ0) is 20.0. The minimum atomic E-state index is -1.18. The summed E-state index contributed by atoms with van der Waals surface area (Å²) in [5.74, 6) is 0.633. The number of pyridine rings is 1. The van der Waals surface area contributed by atoms with Crippen molar-refractivity contribution in [1.82, 2.24) is 14.3 Å². The van der Waals surface area contributed by atoms with Gasteiger partial charge in [0.1, 0.15) is 17.1 Å². The first kappa shape index (κ1) is 18.2. The molecule has 0 radical (unpaired) electrons. The van der Waals surface area contributed by atoms with Crippen LogP contribution < -0.4 is 5.32 Å². The zero-order valence-electron chi connectivity index (χ0n) is 16.0. The fourth-order valence-electron chi connectivity index (χ4n) is 3.75. The molecule has 0 saturated carbocycles. The maximum absolute atomic E-state index is 14.0. The molecule has 8 heteroatoms. The number of aromatic nitrogens is 2. The summed E-state index contributed by atoms with van der Waals surface area (Å²) in [5, 5.41) is 4.15. The fraction of sp³-hybridized carbons (Fsp3) is 0.333. The van der Waals surface area contributed by atoms with E-state index in [9.17, 15) is 9.18 Å². The maximum Gasteiger partial charge on any atom is 0.274 e. The monoisotopic (exact) mass is 409 g/mol. The van der Waals surface area contributed by atoms with E-state index in [4.69, 9.17) is 0 Å². The minimum Gasteiger partial charge on any atom is -0.339 e. The van der Waals surface area contributed by atoms with Gasteiger partial charge in [0.25, 0.3) is 5.91 Å². The number of piperidine rings is 1. The molecule has 6 nitrogen and oxygen atoms in total. The topological polar surface area (TPSA) is 70.5 Å². The smallest absolute Gasteiger partial charge is 0.274 e. The molecule has 1 amide bonds. The van der Waals surface area contributed by atoms with Crippen molar-refractivity contribution >= 4 is 39.0 Å². The number of amidine groups is 1. The molecular formula is C21H20FN5OS. The molecule has 0 bridgehead atoms. The van der Waals surface area contributed by atoms with Gasteiger partial charge in [-0.3, -0.25) is 14.8 Å². The van der Waals surface area contributed by atoms with E-state index in [0.717, 1.165) is 32.9 Å². The Bertz CT molecular complexity index is 1130. The van der Waals surface area contributed by atoms with Gasteiger partial charge < -0.3 is 10.2 Å². The van der Waals surface area contributed by atoms with Crippen LogP contribution in [0.1, 0.15) is 41.5 Å². The van der Waals surface area contributed by atoms with E-state index >= 15 is 0 Å². The van der Waals surface area contributed by atoms with Crippen LogP contribution in [-0.2, 0) is 6.54 Å². The highest BCUT2D eigenvalue weighted by atomic mass is 32.1. The van der Waals surface area contributed by atoms with Crippen molar-refractivity contribution in [1.29, 1.82) is 0 Å². The largest absolute Gasteiger partial charge is 0.339 e. The molecule has 4 heterocycles. The Morgan fingerprint density at radius 3 is 2.93 bits per heavy atom. The Morgan fingerprint density at radius 2 is 2.10 bits per heavy atom. The van der Waals surface area contributed by atoms with Crippen molar-refractivity contribution < 1.29 is 9.18 Å². The van der Waals surface area contributed by atoms with E-state index in [2.05, 4.69) is 19.7 Å². The second kappa shape index (κ2) is 6.88. The molecular weight excluding hydrogens is 389 g/mol. The van der Waals surface area contributed by atoms with Crippen molar-refractivity contribution in [3.63, 3.8) is 0 Å². The highest BCUT2D eigenvalue weighted by molar-refractivity contribution is 7.13. The molecule has 0 unspecified atom stereocenters. The summed E-state index contributed by atoms with van der Waals surface area (Å²) in [7, 11) is 0. The Kier molecular flexibility index (Phi) is 4.31. The van der Waals surface area contributed by atoms with E-state index in [0.29, 0.717) is 38.2 Å². The van der Waals surface area contributed by atoms with Crippen LogP contribution in [0, 0.1) is 0 Å². The fourth-order valence-corrected chi connectivity index (χ4v) is 4.56. The highest BCUT2D eigenvalue weighted by Gasteiger charge is 2.33. The summed E-state index contributed by atoms with van der Waals surface area (Å²) in [6.07, 6.45) is 2.50. The standard InChI is InChI=1S/C21H20FN5OS/c1-21(22)6-9-27(10-7-21)20(28)18-15-5-4-14(11-16(15)29-26-18)25-19-17-13(12-24-19)3-2-8-23-17/h2-5,8,11H,6-7,9-10,12H2,1H3,(H,24,25). The lowest BCUT2D eigenvalue weighted by Gasteiger charge is -2.33. The van der Waals surface area contributed by atoms with E-state index in [1.807, 2.05) is 30.3 Å². The number of halogens is 1. The van der Waals surface area contributed by atoms with Gasteiger partial charge in [0, 0.05) is 35.9 Å². The number of benzene rings is 1. The number of aliphatic imine (C=N–C) groups is 1. The van der Waals surface area contributed by atoms with Crippen molar-refractivity contribution in [3.05, 3.63) is 53.5 Å². The summed E-state index contributed by atoms with van der Waals surface area (Å²) in [4.78, 5) is 23.5. The van der Waals surface area contributed by atoms with Gasteiger partial charge in [-0.15, -0.1) is 0 Å². The van der Waals surface area contributed by atoms with Gasteiger partial charge in [-0.05, 0) is 55.6 Å². The number of carbonyl (C=O) groups excluding carboxylic acids is 1. The first-order valence-corrected chi connectivity index (χ1v) is 10.4. The van der Waals surface area contributed by atoms with Crippen molar-refractivity contribution in [2.45, 2.75) is 32.0 Å². The number of hydrogen-bond donors (Lipinski definition) is 1. The van der Waals surface area contributed by atoms with Crippen LogP contribution in [0.25, 0.3) is 10.1 Å². The molecule has 2 aliphatic heterocycles. The molecule has 0 spiro atoms. The van der Waals surface area contributed by atoms with E-state index in [1.54, 1.807) is 18.0 Å². The maximum atomic E-state index is 14.0. The predicted octanol–water partition coefficient (Wildman–Crippen LogP) is 4.03. The second-order valence-corrected chi connectivity index (χ2v) is 8.55. The molecule has 148 valence electrons. The Hall–Kier alpha value is -2.87. The molecule has 0 aliphatic carbocycles. The number of hydrogen-bond acceptors (Lipinski definition) is 6. The summed E-state index contributed by atoms with van der Waals surface area (Å²) < 4.78 is 19.4. The number of rotatable bonds is 2. The summed E-state index contributed by atoms with van der Waals surface area (Å²) in [6.45, 7) is 3.08. The average Bonchev–Trinajstić information content (AvgIpc) is 3.32. The Balaban J connectivity index is 1.36. The molecule has 2 aromatic heterocycles. The van der Waals surface area contributed by atoms with Gasteiger partial charge in [0.05, 0.1) is 11.2 Å². The van der Waals surface area contributed by atoms with Gasteiger partial charge in [-0.2, -0.15) is 4.37 Å². The van der Waals surface area contributed by atoms with E-state index in [1.165, 1.54) is 11.5 Å². The average molecular weight is 409 g/mol. The van der Waals surface area contributed by atoms with Gasteiger partial charge in [0.15, 0.2) is 5.84 Å². The quantitative estimate of drug-likeness (QED) is 0.694. The zero-order valence-corrected chi connectivity index (χ0v) is 16.8. The van der Waals surface area contributed by atoms with Crippen molar-refractivity contribution in [2.75, 3.05) is 18.4 Å². The number of fused-ring (bicyclic) bond motifs is 2. The normalized spacial score (nSPS) is 17.9. The van der Waals surface area contributed by atoms with Gasteiger partial charge in [0.2, 0.25) is 0 Å². The number of likely N-dealkylation sites (tertiary alicyclic amines) is 1. The number of amides is 1. The molecule has 0 atom stereocenters. The lowest BCUT2D eigenvalue weighted by atomic mass is 9.95. The van der Waals surface area contributed by atoms with Gasteiger partial charge >= 0.3 is 0 Å². The van der Waals surface area contributed by atoms with Crippen molar-refractivity contribution in [2.24, 2.45) is 4.99 Å². The van der Waals surface area contributed by atoms with Gasteiger partial charge in [-0.1, -0.05) is 6.07 Å². The van der Waals surface area contributed by atoms with Crippen molar-refractivity contribution in [3.8, 4) is 0 Å². The van der Waals surface area contributed by atoms with Gasteiger partial charge in [-0.25, -0.2) is 4.39 Å². The molecule has 5 rings (SSSR count). The van der Waals surface area contributed by atoms with Crippen LogP contribution in [-0.4, -0.2) is 44.8 Å². The molecule has 1 N–H and O–H groups in total. The highest BCUT2D eigenvalue weighted by Crippen LogP contribution is 2.30. The van der Waals surface area contributed by atoms with Crippen LogP contribution in [0.15, 0.2) is 41.5 Å². The summed E-state index contributed by atoms with van der Waals surface area (Å²) >= 11 is 1.30. The Labute approximate surface area is 171 Å².